The van der Waals surface area contributed by atoms with Crippen molar-refractivity contribution >= 4 is 21.6 Å². The Bertz CT molecular complexity index is 391. The minimum Gasteiger partial charge on any atom is -0.368 e. The van der Waals surface area contributed by atoms with Gasteiger partial charge in [-0.1, -0.05) is 22.0 Å². The van der Waals surface area contributed by atoms with Gasteiger partial charge < -0.3 is 10.6 Å². The van der Waals surface area contributed by atoms with Crippen molar-refractivity contribution in [3.63, 3.8) is 0 Å². The van der Waals surface area contributed by atoms with Gasteiger partial charge in [0, 0.05) is 28.8 Å². The van der Waals surface area contributed by atoms with E-state index in [9.17, 15) is 0 Å². The first-order valence-corrected chi connectivity index (χ1v) is 6.34. The Balaban J connectivity index is 1.99. The van der Waals surface area contributed by atoms with Gasteiger partial charge in [0.05, 0.1) is 0 Å². The van der Waals surface area contributed by atoms with Crippen LogP contribution in [0.3, 0.4) is 0 Å². The van der Waals surface area contributed by atoms with Crippen LogP contribution in [0.1, 0.15) is 18.4 Å². The minimum absolute atomic E-state index is 0.402. The van der Waals surface area contributed by atoms with Crippen LogP contribution in [0.4, 0.5) is 5.69 Å². The third-order valence-corrected chi connectivity index (χ3v) is 4.34. The summed E-state index contributed by atoms with van der Waals surface area (Å²) in [7, 11) is 0. The van der Waals surface area contributed by atoms with Crippen LogP contribution in [0.5, 0.6) is 0 Å². The molecule has 1 fully saturated rings. The van der Waals surface area contributed by atoms with E-state index >= 15 is 0 Å². The number of nitrogens with zero attached hydrogens (tertiary/aromatic N) is 1. The van der Waals surface area contributed by atoms with Crippen molar-refractivity contribution in [2.24, 2.45) is 5.73 Å². The number of benzene rings is 1. The second-order valence-corrected chi connectivity index (χ2v) is 5.43. The molecule has 3 rings (SSSR count). The van der Waals surface area contributed by atoms with Crippen LogP contribution in [-0.4, -0.2) is 18.6 Å². The molecule has 0 radical (unpaired) electrons. The topological polar surface area (TPSA) is 29.3 Å². The Morgan fingerprint density at radius 2 is 2.27 bits per heavy atom. The Kier molecular flexibility index (Phi) is 2.25. The number of piperidine rings is 1. The molecule has 2 aliphatic heterocycles. The summed E-state index contributed by atoms with van der Waals surface area (Å²) in [6.45, 7) is 1.12. The van der Waals surface area contributed by atoms with E-state index in [0.29, 0.717) is 12.1 Å². The number of hydrogen-bond acceptors (Lipinski definition) is 2. The molecule has 2 nitrogen and oxygen atoms in total. The van der Waals surface area contributed by atoms with Crippen molar-refractivity contribution in [2.75, 3.05) is 11.4 Å². The Hall–Kier alpha value is -0.540. The van der Waals surface area contributed by atoms with Gasteiger partial charge in [-0.25, -0.2) is 0 Å². The van der Waals surface area contributed by atoms with Crippen molar-refractivity contribution in [1.29, 1.82) is 0 Å². The zero-order valence-electron chi connectivity index (χ0n) is 8.62. The average molecular weight is 267 g/mol. The van der Waals surface area contributed by atoms with Crippen LogP contribution >= 0.6 is 15.9 Å². The average Bonchev–Trinajstić information content (AvgIpc) is 2.57. The molecule has 80 valence electrons. The second-order valence-electron chi connectivity index (χ2n) is 4.57. The van der Waals surface area contributed by atoms with E-state index in [4.69, 9.17) is 5.73 Å². The van der Waals surface area contributed by atoms with Gasteiger partial charge in [0.15, 0.2) is 0 Å². The number of halogens is 1. The van der Waals surface area contributed by atoms with Gasteiger partial charge in [-0.05, 0) is 37.0 Å². The van der Waals surface area contributed by atoms with Crippen LogP contribution in [0.15, 0.2) is 22.7 Å². The van der Waals surface area contributed by atoms with Crippen LogP contribution in [0.2, 0.25) is 0 Å². The maximum Gasteiger partial charge on any atom is 0.0413 e. The van der Waals surface area contributed by atoms with Gasteiger partial charge >= 0.3 is 0 Å². The summed E-state index contributed by atoms with van der Waals surface area (Å²) < 4.78 is 1.25. The van der Waals surface area contributed by atoms with Crippen molar-refractivity contribution in [1.82, 2.24) is 0 Å². The summed E-state index contributed by atoms with van der Waals surface area (Å²) in [4.78, 5) is 2.53. The molecule has 0 aliphatic carbocycles. The summed E-state index contributed by atoms with van der Waals surface area (Å²) in [6.07, 6.45) is 3.42. The van der Waals surface area contributed by atoms with Crippen LogP contribution in [0.25, 0.3) is 0 Å². The fourth-order valence-corrected chi connectivity index (χ4v) is 3.36. The predicted molar refractivity (Wildman–Crippen MR) is 66.2 cm³/mol. The molecular weight excluding hydrogens is 252 g/mol. The number of nitrogens with two attached hydrogens (primary N) is 1. The third-order valence-electron chi connectivity index (χ3n) is 3.60. The third kappa shape index (κ3) is 1.49. The quantitative estimate of drug-likeness (QED) is 0.781. The molecule has 15 heavy (non-hydrogen) atoms. The summed E-state index contributed by atoms with van der Waals surface area (Å²) >= 11 is 3.64. The fourth-order valence-electron chi connectivity index (χ4n) is 2.85. The molecule has 2 unspecified atom stereocenters. The maximum atomic E-state index is 6.03. The first kappa shape index (κ1) is 9.67. The van der Waals surface area contributed by atoms with Gasteiger partial charge in [-0.15, -0.1) is 0 Å². The van der Waals surface area contributed by atoms with Crippen molar-refractivity contribution in [3.05, 3.63) is 28.2 Å². The highest BCUT2D eigenvalue weighted by atomic mass is 79.9. The largest absolute Gasteiger partial charge is 0.368 e. The standard InChI is InChI=1S/C12H15BrN2/c13-11-2-1-3-12-10(11)7-9-6-8(14)4-5-15(9)12/h1-3,8-9H,4-7,14H2. The van der Waals surface area contributed by atoms with Gasteiger partial charge in [0.25, 0.3) is 0 Å². The maximum absolute atomic E-state index is 6.03. The number of fused-ring (bicyclic) bond motifs is 3. The lowest BCUT2D eigenvalue weighted by Crippen LogP contribution is -2.45. The summed E-state index contributed by atoms with van der Waals surface area (Å²) in [6, 6.07) is 7.54. The first-order valence-electron chi connectivity index (χ1n) is 5.55. The molecule has 2 aliphatic rings. The molecule has 0 saturated carbocycles. The molecule has 1 aromatic carbocycles. The van der Waals surface area contributed by atoms with E-state index < -0.39 is 0 Å². The van der Waals surface area contributed by atoms with Crippen molar-refractivity contribution < 1.29 is 0 Å². The molecule has 0 bridgehead atoms. The predicted octanol–water partition coefficient (Wildman–Crippen LogP) is 2.30. The van der Waals surface area contributed by atoms with E-state index in [0.717, 1.165) is 25.8 Å². The van der Waals surface area contributed by atoms with Gasteiger partial charge in [0.2, 0.25) is 0 Å². The highest BCUT2D eigenvalue weighted by Gasteiger charge is 2.34. The monoisotopic (exact) mass is 266 g/mol. The Morgan fingerprint density at radius 1 is 1.40 bits per heavy atom. The minimum atomic E-state index is 0.402. The molecule has 1 saturated heterocycles. The van der Waals surface area contributed by atoms with Crippen molar-refractivity contribution in [3.8, 4) is 0 Å². The van der Waals surface area contributed by atoms with E-state index in [1.54, 1.807) is 0 Å². The van der Waals surface area contributed by atoms with E-state index in [1.165, 1.54) is 15.7 Å². The molecule has 2 atom stereocenters. The molecule has 2 N–H and O–H groups in total. The second kappa shape index (κ2) is 3.49. The highest BCUT2D eigenvalue weighted by molar-refractivity contribution is 9.10. The number of hydrogen-bond donors (Lipinski definition) is 1. The zero-order chi connectivity index (χ0) is 10.4. The molecule has 0 aromatic heterocycles. The van der Waals surface area contributed by atoms with Gasteiger partial charge in [0.1, 0.15) is 0 Å². The highest BCUT2D eigenvalue weighted by Crippen LogP contribution is 2.39. The molecule has 0 spiro atoms. The molecular formula is C12H15BrN2. The van der Waals surface area contributed by atoms with E-state index in [2.05, 4.69) is 39.0 Å². The molecule has 2 heterocycles. The van der Waals surface area contributed by atoms with Crippen LogP contribution in [-0.2, 0) is 6.42 Å². The summed E-state index contributed by atoms with van der Waals surface area (Å²) in [5.41, 5.74) is 8.91. The molecule has 1 aromatic rings. The zero-order valence-corrected chi connectivity index (χ0v) is 10.2. The Labute approximate surface area is 98.6 Å². The van der Waals surface area contributed by atoms with Gasteiger partial charge in [-0.2, -0.15) is 0 Å². The smallest absolute Gasteiger partial charge is 0.0413 e. The SMILES string of the molecule is NC1CCN2c3cccc(Br)c3CC2C1. The lowest BCUT2D eigenvalue weighted by atomic mass is 9.97. The molecule has 0 amide bonds. The van der Waals surface area contributed by atoms with Gasteiger partial charge in [-0.3, -0.25) is 0 Å². The Morgan fingerprint density at radius 3 is 3.13 bits per heavy atom. The number of rotatable bonds is 0. The summed E-state index contributed by atoms with van der Waals surface area (Å²) in [5, 5.41) is 0. The van der Waals surface area contributed by atoms with E-state index in [1.807, 2.05) is 0 Å². The lowest BCUT2D eigenvalue weighted by molar-refractivity contribution is 0.425. The van der Waals surface area contributed by atoms with Crippen molar-refractivity contribution in [2.45, 2.75) is 31.3 Å². The first-order chi connectivity index (χ1) is 7.25. The molecule has 3 heteroatoms. The fraction of sp³-hybridized carbons (Fsp3) is 0.500. The lowest BCUT2D eigenvalue weighted by Gasteiger charge is -2.35. The van der Waals surface area contributed by atoms with Crippen LogP contribution < -0.4 is 10.6 Å². The normalized spacial score (nSPS) is 28.8. The number of anilines is 1. The van der Waals surface area contributed by atoms with E-state index in [-0.39, 0.29) is 0 Å². The summed E-state index contributed by atoms with van der Waals surface area (Å²) in [5.74, 6) is 0. The van der Waals surface area contributed by atoms with Crippen LogP contribution in [0, 0.1) is 0 Å².